The predicted octanol–water partition coefficient (Wildman–Crippen LogP) is 3.33. The van der Waals surface area contributed by atoms with Gasteiger partial charge in [-0.2, -0.15) is 0 Å². The standard InChI is InChI=1S/C14H19N3S2/c1-2-15-14(18)17-13(12-8-5-9-19-12)10-6-3-4-7-11(10)16-17/h5,8-9,13,16H,2-4,6-7H2,1H3,(H,15,18). The Labute approximate surface area is 123 Å². The summed E-state index contributed by atoms with van der Waals surface area (Å²) in [6.45, 7) is 2.94. The molecule has 1 aliphatic heterocycles. The number of nitrogens with zero attached hydrogens (tertiary/aromatic N) is 1. The Morgan fingerprint density at radius 1 is 1.53 bits per heavy atom. The number of allylic oxidation sites excluding steroid dienone is 1. The molecule has 1 aromatic heterocycles. The summed E-state index contributed by atoms with van der Waals surface area (Å²) in [5.41, 5.74) is 6.46. The molecule has 0 radical (unpaired) electrons. The topological polar surface area (TPSA) is 27.3 Å². The summed E-state index contributed by atoms with van der Waals surface area (Å²) in [6.07, 6.45) is 4.92. The van der Waals surface area contributed by atoms with Crippen molar-refractivity contribution in [3.05, 3.63) is 33.7 Å². The lowest BCUT2D eigenvalue weighted by Gasteiger charge is -2.28. The van der Waals surface area contributed by atoms with E-state index >= 15 is 0 Å². The smallest absolute Gasteiger partial charge is 0.188 e. The molecule has 0 spiro atoms. The van der Waals surface area contributed by atoms with E-state index in [-0.39, 0.29) is 0 Å². The summed E-state index contributed by atoms with van der Waals surface area (Å²) in [5, 5.41) is 8.35. The molecule has 5 heteroatoms. The highest BCUT2D eigenvalue weighted by Crippen LogP contribution is 2.42. The van der Waals surface area contributed by atoms with Crippen LogP contribution >= 0.6 is 23.6 Å². The second-order valence-electron chi connectivity index (χ2n) is 4.95. The summed E-state index contributed by atoms with van der Waals surface area (Å²) in [4.78, 5) is 1.37. The van der Waals surface area contributed by atoms with Gasteiger partial charge in [0.25, 0.3) is 0 Å². The van der Waals surface area contributed by atoms with E-state index < -0.39 is 0 Å². The summed E-state index contributed by atoms with van der Waals surface area (Å²) in [6, 6.07) is 4.63. The van der Waals surface area contributed by atoms with Crippen LogP contribution < -0.4 is 10.7 Å². The van der Waals surface area contributed by atoms with Crippen LogP contribution in [0, 0.1) is 0 Å². The lowest BCUT2D eigenvalue weighted by atomic mass is 9.92. The molecule has 1 aromatic rings. The van der Waals surface area contributed by atoms with Crippen LogP contribution in [-0.4, -0.2) is 16.7 Å². The summed E-state index contributed by atoms with van der Waals surface area (Å²) < 4.78 is 0. The molecule has 1 unspecified atom stereocenters. The van der Waals surface area contributed by atoms with E-state index in [1.165, 1.54) is 35.4 Å². The third kappa shape index (κ3) is 2.37. The lowest BCUT2D eigenvalue weighted by Crippen LogP contribution is -2.45. The SMILES string of the molecule is CCNC(=S)N1NC2=C(CCCC2)C1c1cccs1. The van der Waals surface area contributed by atoms with Crippen molar-refractivity contribution in [2.75, 3.05) is 6.54 Å². The first-order valence-corrected chi connectivity index (χ1v) is 8.19. The summed E-state index contributed by atoms with van der Waals surface area (Å²) in [5.74, 6) is 0. The lowest BCUT2D eigenvalue weighted by molar-refractivity contribution is 0.320. The Balaban J connectivity index is 1.92. The van der Waals surface area contributed by atoms with E-state index in [4.69, 9.17) is 12.2 Å². The fourth-order valence-corrected chi connectivity index (χ4v) is 4.02. The van der Waals surface area contributed by atoms with Crippen molar-refractivity contribution >= 4 is 28.7 Å². The highest BCUT2D eigenvalue weighted by atomic mass is 32.1. The molecule has 2 N–H and O–H groups in total. The van der Waals surface area contributed by atoms with Crippen molar-refractivity contribution in [1.82, 2.24) is 15.8 Å². The third-order valence-electron chi connectivity index (χ3n) is 3.71. The Hall–Kier alpha value is -1.07. The van der Waals surface area contributed by atoms with Gasteiger partial charge in [-0.25, -0.2) is 0 Å². The van der Waals surface area contributed by atoms with Gasteiger partial charge in [0.1, 0.15) is 6.04 Å². The van der Waals surface area contributed by atoms with Crippen LogP contribution in [0.2, 0.25) is 0 Å². The van der Waals surface area contributed by atoms with Crippen LogP contribution in [0.5, 0.6) is 0 Å². The zero-order valence-corrected chi connectivity index (χ0v) is 12.7. The highest BCUT2D eigenvalue weighted by molar-refractivity contribution is 7.80. The first kappa shape index (κ1) is 12.9. The monoisotopic (exact) mass is 293 g/mol. The van der Waals surface area contributed by atoms with E-state index in [2.05, 4.69) is 40.2 Å². The molecule has 1 aliphatic carbocycles. The molecule has 3 nitrogen and oxygen atoms in total. The van der Waals surface area contributed by atoms with Gasteiger partial charge in [0.15, 0.2) is 5.11 Å². The number of rotatable bonds is 2. The molecule has 0 saturated carbocycles. The molecule has 19 heavy (non-hydrogen) atoms. The minimum absolute atomic E-state index is 0.293. The van der Waals surface area contributed by atoms with E-state index in [0.717, 1.165) is 18.1 Å². The molecular formula is C14H19N3S2. The molecule has 2 heterocycles. The molecule has 0 fully saturated rings. The molecule has 0 saturated heterocycles. The van der Waals surface area contributed by atoms with Gasteiger partial charge in [-0.05, 0) is 61.8 Å². The Kier molecular flexibility index (Phi) is 3.75. The number of hydrazine groups is 1. The van der Waals surface area contributed by atoms with Crippen molar-refractivity contribution in [2.45, 2.75) is 38.6 Å². The Morgan fingerprint density at radius 3 is 3.11 bits per heavy atom. The van der Waals surface area contributed by atoms with Gasteiger partial charge in [-0.1, -0.05) is 6.07 Å². The van der Waals surface area contributed by atoms with Gasteiger partial charge in [0.05, 0.1) is 0 Å². The molecule has 102 valence electrons. The van der Waals surface area contributed by atoms with Crippen LogP contribution in [0.4, 0.5) is 0 Å². The van der Waals surface area contributed by atoms with Crippen molar-refractivity contribution in [2.24, 2.45) is 0 Å². The highest BCUT2D eigenvalue weighted by Gasteiger charge is 2.36. The van der Waals surface area contributed by atoms with Crippen LogP contribution in [0.3, 0.4) is 0 Å². The van der Waals surface area contributed by atoms with E-state index in [9.17, 15) is 0 Å². The first-order valence-electron chi connectivity index (χ1n) is 6.90. The summed E-state index contributed by atoms with van der Waals surface area (Å²) >= 11 is 7.33. The maximum Gasteiger partial charge on any atom is 0.188 e. The van der Waals surface area contributed by atoms with Crippen molar-refractivity contribution in [3.63, 3.8) is 0 Å². The molecule has 3 rings (SSSR count). The maximum absolute atomic E-state index is 5.52. The normalized spacial score (nSPS) is 22.2. The number of thiophene rings is 1. The predicted molar refractivity (Wildman–Crippen MR) is 83.8 cm³/mol. The second kappa shape index (κ2) is 5.51. The molecule has 2 aliphatic rings. The number of hydrogen-bond acceptors (Lipinski definition) is 3. The molecule has 0 bridgehead atoms. The van der Waals surface area contributed by atoms with Crippen molar-refractivity contribution in [1.29, 1.82) is 0 Å². The largest absolute Gasteiger partial charge is 0.361 e. The Morgan fingerprint density at radius 2 is 2.37 bits per heavy atom. The average molecular weight is 293 g/mol. The van der Waals surface area contributed by atoms with Crippen LogP contribution in [0.15, 0.2) is 28.8 Å². The third-order valence-corrected chi connectivity index (χ3v) is 4.98. The number of thiocarbonyl (C=S) groups is 1. The van der Waals surface area contributed by atoms with Crippen LogP contribution in [-0.2, 0) is 0 Å². The second-order valence-corrected chi connectivity index (χ2v) is 6.31. The Bertz CT molecular complexity index is 493. The van der Waals surface area contributed by atoms with Gasteiger partial charge in [-0.3, -0.25) is 10.4 Å². The van der Waals surface area contributed by atoms with Crippen molar-refractivity contribution < 1.29 is 0 Å². The average Bonchev–Trinajstić information content (AvgIpc) is 3.05. The van der Waals surface area contributed by atoms with E-state index in [1.54, 1.807) is 0 Å². The molecular weight excluding hydrogens is 274 g/mol. The van der Waals surface area contributed by atoms with Crippen molar-refractivity contribution in [3.8, 4) is 0 Å². The maximum atomic E-state index is 5.52. The minimum Gasteiger partial charge on any atom is -0.361 e. The molecule has 0 aromatic carbocycles. The van der Waals surface area contributed by atoms with Gasteiger partial charge in [-0.15, -0.1) is 11.3 Å². The summed E-state index contributed by atoms with van der Waals surface area (Å²) in [7, 11) is 0. The van der Waals surface area contributed by atoms with Gasteiger partial charge in [0, 0.05) is 17.1 Å². The fourth-order valence-electron chi connectivity index (χ4n) is 2.87. The van der Waals surface area contributed by atoms with Gasteiger partial charge < -0.3 is 5.32 Å². The first-order chi connectivity index (χ1) is 9.31. The zero-order chi connectivity index (χ0) is 13.2. The van der Waals surface area contributed by atoms with Crippen LogP contribution in [0.25, 0.3) is 0 Å². The van der Waals surface area contributed by atoms with E-state index in [0.29, 0.717) is 6.04 Å². The molecule has 0 amide bonds. The van der Waals surface area contributed by atoms with Crippen LogP contribution in [0.1, 0.15) is 43.5 Å². The molecule has 1 atom stereocenters. The quantitative estimate of drug-likeness (QED) is 0.818. The minimum atomic E-state index is 0.293. The zero-order valence-electron chi connectivity index (χ0n) is 11.1. The van der Waals surface area contributed by atoms with E-state index in [1.807, 2.05) is 11.3 Å². The van der Waals surface area contributed by atoms with Gasteiger partial charge >= 0.3 is 0 Å². The van der Waals surface area contributed by atoms with Gasteiger partial charge in [0.2, 0.25) is 0 Å². The fraction of sp³-hybridized carbons (Fsp3) is 0.500. The number of nitrogens with one attached hydrogen (secondary N) is 2. The number of hydrogen-bond donors (Lipinski definition) is 2.